The Kier molecular flexibility index (Phi) is 3.19. The molecule has 0 fully saturated rings. The smallest absolute Gasteiger partial charge is 0.133 e. The first-order valence-corrected chi connectivity index (χ1v) is 5.74. The summed E-state index contributed by atoms with van der Waals surface area (Å²) in [5.74, 6) is 0.911. The van der Waals surface area contributed by atoms with E-state index in [9.17, 15) is 0 Å². The summed E-state index contributed by atoms with van der Waals surface area (Å²) in [6.07, 6.45) is 3.58. The molecule has 0 saturated carbocycles. The number of aryl methyl sites for hydroxylation is 1. The van der Waals surface area contributed by atoms with Crippen LogP contribution in [0.3, 0.4) is 0 Å². The molecule has 0 aliphatic rings. The molecule has 3 nitrogen and oxygen atoms in total. The molecule has 0 saturated heterocycles. The van der Waals surface area contributed by atoms with Crippen molar-refractivity contribution in [1.29, 1.82) is 0 Å². The van der Waals surface area contributed by atoms with E-state index in [2.05, 4.69) is 25.9 Å². The first-order chi connectivity index (χ1) is 7.68. The maximum Gasteiger partial charge on any atom is 0.133 e. The number of rotatable bonds is 2. The Morgan fingerprint density at radius 1 is 1.25 bits per heavy atom. The second-order valence-electron chi connectivity index (χ2n) is 3.51. The molecule has 82 valence electrons. The van der Waals surface area contributed by atoms with Gasteiger partial charge in [0.2, 0.25) is 0 Å². The lowest BCUT2D eigenvalue weighted by Crippen LogP contribution is -2.11. The summed E-state index contributed by atoms with van der Waals surface area (Å²) in [7, 11) is 1.98. The maximum atomic E-state index is 4.50. The molecule has 2 aromatic heterocycles. The number of halogens is 1. The molecule has 0 aliphatic carbocycles. The van der Waals surface area contributed by atoms with Crippen LogP contribution in [0.5, 0.6) is 0 Å². The third kappa shape index (κ3) is 2.22. The molecule has 0 radical (unpaired) electrons. The van der Waals surface area contributed by atoms with Gasteiger partial charge in [-0.05, 0) is 47.1 Å². The average Bonchev–Trinajstić information content (AvgIpc) is 2.33. The lowest BCUT2D eigenvalue weighted by molar-refractivity contribution is 1.07. The average molecular weight is 278 g/mol. The molecule has 2 aromatic rings. The van der Waals surface area contributed by atoms with Crippen LogP contribution in [-0.4, -0.2) is 17.0 Å². The van der Waals surface area contributed by atoms with Crippen LogP contribution < -0.4 is 4.90 Å². The molecular formula is C12H12BrN3. The number of nitrogens with zero attached hydrogens (tertiary/aromatic N) is 3. The summed E-state index contributed by atoms with van der Waals surface area (Å²) < 4.78 is 1.02. The maximum absolute atomic E-state index is 4.50. The van der Waals surface area contributed by atoms with Crippen LogP contribution in [0.25, 0.3) is 0 Å². The van der Waals surface area contributed by atoms with Gasteiger partial charge in [0.1, 0.15) is 5.82 Å². The van der Waals surface area contributed by atoms with E-state index < -0.39 is 0 Å². The molecule has 0 unspecified atom stereocenters. The highest BCUT2D eigenvalue weighted by Crippen LogP contribution is 2.23. The fraction of sp³-hybridized carbons (Fsp3) is 0.167. The first kappa shape index (κ1) is 11.1. The lowest BCUT2D eigenvalue weighted by Gasteiger charge is -2.18. The Hall–Kier alpha value is -1.42. The molecule has 0 N–H and O–H groups in total. The lowest BCUT2D eigenvalue weighted by atomic mass is 10.3. The fourth-order valence-electron chi connectivity index (χ4n) is 1.40. The predicted octanol–water partition coefficient (Wildman–Crippen LogP) is 3.32. The minimum atomic E-state index is 0.911. The van der Waals surface area contributed by atoms with Gasteiger partial charge in [-0.2, -0.15) is 0 Å². The number of hydrogen-bond acceptors (Lipinski definition) is 3. The highest BCUT2D eigenvalue weighted by molar-refractivity contribution is 9.10. The van der Waals surface area contributed by atoms with E-state index in [4.69, 9.17) is 0 Å². The van der Waals surface area contributed by atoms with Gasteiger partial charge >= 0.3 is 0 Å². The molecule has 4 heteroatoms. The largest absolute Gasteiger partial charge is 0.328 e. The number of anilines is 2. The van der Waals surface area contributed by atoms with Crippen molar-refractivity contribution in [2.24, 2.45) is 0 Å². The van der Waals surface area contributed by atoms with Gasteiger partial charge in [0.15, 0.2) is 0 Å². The SMILES string of the molecule is Cc1nc(N(C)c2cccnc2)ccc1Br. The summed E-state index contributed by atoms with van der Waals surface area (Å²) in [5.41, 5.74) is 2.00. The van der Waals surface area contributed by atoms with Gasteiger partial charge in [-0.3, -0.25) is 4.98 Å². The quantitative estimate of drug-likeness (QED) is 0.843. The predicted molar refractivity (Wildman–Crippen MR) is 69.0 cm³/mol. The molecule has 16 heavy (non-hydrogen) atoms. The summed E-state index contributed by atoms with van der Waals surface area (Å²) in [5, 5.41) is 0. The van der Waals surface area contributed by atoms with E-state index in [-0.39, 0.29) is 0 Å². The molecule has 0 aromatic carbocycles. The van der Waals surface area contributed by atoms with Crippen LogP contribution in [0.15, 0.2) is 41.1 Å². The molecule has 0 bridgehead atoms. The van der Waals surface area contributed by atoms with E-state index in [1.165, 1.54) is 0 Å². The number of hydrogen-bond donors (Lipinski definition) is 0. The Bertz CT molecular complexity index is 485. The zero-order chi connectivity index (χ0) is 11.5. The van der Waals surface area contributed by atoms with Crippen LogP contribution in [0.2, 0.25) is 0 Å². The van der Waals surface area contributed by atoms with Gasteiger partial charge in [-0.25, -0.2) is 4.98 Å². The van der Waals surface area contributed by atoms with Gasteiger partial charge in [0.05, 0.1) is 17.6 Å². The molecule has 2 rings (SSSR count). The first-order valence-electron chi connectivity index (χ1n) is 4.95. The van der Waals surface area contributed by atoms with E-state index >= 15 is 0 Å². The molecule has 0 amide bonds. The van der Waals surface area contributed by atoms with Gasteiger partial charge < -0.3 is 4.90 Å². The zero-order valence-electron chi connectivity index (χ0n) is 9.18. The Labute approximate surface area is 103 Å². The second kappa shape index (κ2) is 4.61. The number of aromatic nitrogens is 2. The van der Waals surface area contributed by atoms with Crippen molar-refractivity contribution < 1.29 is 0 Å². The second-order valence-corrected chi connectivity index (χ2v) is 4.36. The van der Waals surface area contributed by atoms with Crippen molar-refractivity contribution in [1.82, 2.24) is 9.97 Å². The molecule has 0 aliphatic heterocycles. The van der Waals surface area contributed by atoms with Gasteiger partial charge in [0.25, 0.3) is 0 Å². The van der Waals surface area contributed by atoms with Crippen molar-refractivity contribution in [2.75, 3.05) is 11.9 Å². The van der Waals surface area contributed by atoms with Crippen LogP contribution in [0.1, 0.15) is 5.69 Å². The molecule has 0 atom stereocenters. The van der Waals surface area contributed by atoms with Crippen molar-refractivity contribution in [2.45, 2.75) is 6.92 Å². The van der Waals surface area contributed by atoms with Crippen molar-refractivity contribution in [3.8, 4) is 0 Å². The van der Waals surface area contributed by atoms with Crippen LogP contribution in [0.4, 0.5) is 11.5 Å². The highest BCUT2D eigenvalue weighted by atomic mass is 79.9. The van der Waals surface area contributed by atoms with E-state index in [1.807, 2.05) is 49.3 Å². The van der Waals surface area contributed by atoms with Crippen LogP contribution in [-0.2, 0) is 0 Å². The van der Waals surface area contributed by atoms with Gasteiger partial charge in [-0.15, -0.1) is 0 Å². The van der Waals surface area contributed by atoms with Gasteiger partial charge in [-0.1, -0.05) is 0 Å². The third-order valence-corrected chi connectivity index (χ3v) is 3.22. The molecule has 2 heterocycles. The summed E-state index contributed by atoms with van der Waals surface area (Å²) in [6.45, 7) is 1.98. The summed E-state index contributed by atoms with van der Waals surface area (Å²) in [6, 6.07) is 7.90. The monoisotopic (exact) mass is 277 g/mol. The summed E-state index contributed by atoms with van der Waals surface area (Å²) in [4.78, 5) is 10.6. The Morgan fingerprint density at radius 3 is 2.69 bits per heavy atom. The van der Waals surface area contributed by atoms with E-state index in [0.717, 1.165) is 21.7 Å². The minimum Gasteiger partial charge on any atom is -0.328 e. The normalized spacial score (nSPS) is 10.2. The Morgan fingerprint density at radius 2 is 2.06 bits per heavy atom. The topological polar surface area (TPSA) is 29.0 Å². The highest BCUT2D eigenvalue weighted by Gasteiger charge is 2.06. The van der Waals surface area contributed by atoms with E-state index in [1.54, 1.807) is 6.20 Å². The third-order valence-electron chi connectivity index (χ3n) is 2.38. The molecule has 0 spiro atoms. The van der Waals surface area contributed by atoms with Crippen molar-refractivity contribution in [3.05, 3.63) is 46.8 Å². The zero-order valence-corrected chi connectivity index (χ0v) is 10.8. The van der Waals surface area contributed by atoms with Crippen molar-refractivity contribution in [3.63, 3.8) is 0 Å². The van der Waals surface area contributed by atoms with E-state index in [0.29, 0.717) is 0 Å². The Balaban J connectivity index is 2.34. The molecular weight excluding hydrogens is 266 g/mol. The minimum absolute atomic E-state index is 0.911. The standard InChI is InChI=1S/C12H12BrN3/c1-9-11(13)5-6-12(15-9)16(2)10-4-3-7-14-8-10/h3-8H,1-2H3. The summed E-state index contributed by atoms with van der Waals surface area (Å²) >= 11 is 3.44. The van der Waals surface area contributed by atoms with Crippen LogP contribution >= 0.6 is 15.9 Å². The fourth-order valence-corrected chi connectivity index (χ4v) is 1.62. The van der Waals surface area contributed by atoms with Gasteiger partial charge in [0, 0.05) is 17.7 Å². The van der Waals surface area contributed by atoms with Crippen molar-refractivity contribution >= 4 is 27.4 Å². The number of pyridine rings is 2. The van der Waals surface area contributed by atoms with Crippen LogP contribution in [0, 0.1) is 6.92 Å².